The Morgan fingerprint density at radius 2 is 1.94 bits per heavy atom. The van der Waals surface area contributed by atoms with E-state index >= 15 is 0 Å². The molecule has 1 fully saturated rings. The van der Waals surface area contributed by atoms with Crippen molar-refractivity contribution in [2.75, 3.05) is 16.8 Å². The van der Waals surface area contributed by atoms with Crippen molar-refractivity contribution in [3.63, 3.8) is 0 Å². The third-order valence-corrected chi connectivity index (χ3v) is 6.38. The number of rotatable bonds is 5. The highest BCUT2D eigenvalue weighted by atomic mass is 19.1. The van der Waals surface area contributed by atoms with Crippen molar-refractivity contribution < 1.29 is 9.18 Å². The highest BCUT2D eigenvalue weighted by molar-refractivity contribution is 6.04. The van der Waals surface area contributed by atoms with Gasteiger partial charge in [-0.15, -0.1) is 0 Å². The SMILES string of the molecule is CCC1C(=O)N(C)c2cnc(-n3ccnc3-c3ccc(F)cc3)nc2N1C(C)C1CC1. The predicted octanol–water partition coefficient (Wildman–Crippen LogP) is 3.83. The smallest absolute Gasteiger partial charge is 0.249 e. The molecule has 31 heavy (non-hydrogen) atoms. The summed E-state index contributed by atoms with van der Waals surface area (Å²) in [4.78, 5) is 30.8. The summed E-state index contributed by atoms with van der Waals surface area (Å²) in [6, 6.07) is 6.18. The summed E-state index contributed by atoms with van der Waals surface area (Å²) in [5.41, 5.74) is 1.49. The molecule has 7 nitrogen and oxygen atoms in total. The van der Waals surface area contributed by atoms with Crippen molar-refractivity contribution in [2.45, 2.75) is 45.2 Å². The Bertz CT molecular complexity index is 1120. The van der Waals surface area contributed by atoms with E-state index < -0.39 is 0 Å². The molecule has 2 aliphatic rings. The average molecular weight is 420 g/mol. The lowest BCUT2D eigenvalue weighted by Gasteiger charge is -2.43. The Morgan fingerprint density at radius 1 is 1.19 bits per heavy atom. The topological polar surface area (TPSA) is 67.2 Å². The molecule has 2 aromatic heterocycles. The minimum Gasteiger partial charge on any atom is -0.340 e. The van der Waals surface area contributed by atoms with Gasteiger partial charge in [-0.3, -0.25) is 9.36 Å². The first-order chi connectivity index (χ1) is 15.0. The van der Waals surface area contributed by atoms with Crippen molar-refractivity contribution in [2.24, 2.45) is 5.92 Å². The van der Waals surface area contributed by atoms with Crippen molar-refractivity contribution in [3.05, 3.63) is 48.7 Å². The quantitative estimate of drug-likeness (QED) is 0.628. The summed E-state index contributed by atoms with van der Waals surface area (Å²) < 4.78 is 15.2. The Morgan fingerprint density at radius 3 is 2.61 bits per heavy atom. The molecule has 0 radical (unpaired) electrons. The Labute approximate surface area is 180 Å². The van der Waals surface area contributed by atoms with E-state index in [0.717, 1.165) is 17.1 Å². The van der Waals surface area contributed by atoms with Crippen LogP contribution in [0.25, 0.3) is 17.3 Å². The fraction of sp³-hybridized carbons (Fsp3) is 0.391. The number of anilines is 2. The van der Waals surface area contributed by atoms with Crippen molar-refractivity contribution in [3.8, 4) is 17.3 Å². The Hall–Kier alpha value is -3.29. The van der Waals surface area contributed by atoms with Crippen LogP contribution in [0.2, 0.25) is 0 Å². The maximum Gasteiger partial charge on any atom is 0.249 e. The van der Waals surface area contributed by atoms with Crippen LogP contribution < -0.4 is 9.80 Å². The number of hydrogen-bond donors (Lipinski definition) is 0. The Kier molecular flexibility index (Phi) is 4.72. The summed E-state index contributed by atoms with van der Waals surface area (Å²) in [5.74, 6) is 2.25. The minimum atomic E-state index is -0.296. The number of hydrogen-bond acceptors (Lipinski definition) is 5. The van der Waals surface area contributed by atoms with Gasteiger partial charge in [0.25, 0.3) is 0 Å². The van der Waals surface area contributed by atoms with E-state index in [1.165, 1.54) is 25.0 Å². The number of carbonyl (C=O) groups excluding carboxylic acids is 1. The number of halogens is 1. The molecule has 8 heteroatoms. The van der Waals surface area contributed by atoms with Gasteiger partial charge in [0, 0.05) is 31.0 Å². The molecule has 1 saturated carbocycles. The van der Waals surface area contributed by atoms with Gasteiger partial charge < -0.3 is 9.80 Å². The van der Waals surface area contributed by atoms with Crippen molar-refractivity contribution >= 4 is 17.4 Å². The van der Waals surface area contributed by atoms with Gasteiger partial charge in [-0.2, -0.15) is 4.98 Å². The summed E-state index contributed by atoms with van der Waals surface area (Å²) >= 11 is 0. The molecule has 3 heterocycles. The lowest BCUT2D eigenvalue weighted by Crippen LogP contribution is -2.56. The molecular formula is C23H25FN6O. The number of benzene rings is 1. The second-order valence-electron chi connectivity index (χ2n) is 8.31. The van der Waals surface area contributed by atoms with Crippen LogP contribution in [-0.2, 0) is 4.79 Å². The van der Waals surface area contributed by atoms with E-state index in [0.29, 0.717) is 24.1 Å². The number of aromatic nitrogens is 4. The van der Waals surface area contributed by atoms with Gasteiger partial charge in [-0.25, -0.2) is 14.4 Å². The highest BCUT2D eigenvalue weighted by Crippen LogP contribution is 2.42. The number of fused-ring (bicyclic) bond motifs is 1. The molecule has 0 bridgehead atoms. The van der Waals surface area contributed by atoms with Gasteiger partial charge in [0.05, 0.1) is 6.20 Å². The van der Waals surface area contributed by atoms with Gasteiger partial charge in [-0.05, 0) is 56.4 Å². The van der Waals surface area contributed by atoms with E-state index in [1.54, 1.807) is 47.2 Å². The zero-order chi connectivity index (χ0) is 21.7. The molecular weight excluding hydrogens is 395 g/mol. The summed E-state index contributed by atoms with van der Waals surface area (Å²) in [7, 11) is 1.78. The summed E-state index contributed by atoms with van der Waals surface area (Å²) in [6.07, 6.45) is 8.26. The zero-order valence-corrected chi connectivity index (χ0v) is 17.9. The number of nitrogens with zero attached hydrogens (tertiary/aromatic N) is 6. The fourth-order valence-electron chi connectivity index (χ4n) is 4.44. The molecule has 1 aromatic carbocycles. The number of carbonyl (C=O) groups is 1. The molecule has 2 atom stereocenters. The van der Waals surface area contributed by atoms with Crippen LogP contribution in [0.1, 0.15) is 33.1 Å². The molecule has 0 saturated heterocycles. The largest absolute Gasteiger partial charge is 0.340 e. The van der Waals surface area contributed by atoms with Crippen molar-refractivity contribution in [1.29, 1.82) is 0 Å². The lowest BCUT2D eigenvalue weighted by molar-refractivity contribution is -0.120. The van der Waals surface area contributed by atoms with Gasteiger partial charge in [0.2, 0.25) is 11.9 Å². The van der Waals surface area contributed by atoms with Crippen LogP contribution in [0.15, 0.2) is 42.9 Å². The molecule has 1 aliphatic heterocycles. The molecule has 1 aliphatic carbocycles. The molecule has 1 amide bonds. The highest BCUT2D eigenvalue weighted by Gasteiger charge is 2.43. The van der Waals surface area contributed by atoms with E-state index in [1.807, 2.05) is 6.92 Å². The maximum absolute atomic E-state index is 13.4. The Balaban J connectivity index is 1.62. The zero-order valence-electron chi connectivity index (χ0n) is 17.9. The predicted molar refractivity (Wildman–Crippen MR) is 117 cm³/mol. The van der Waals surface area contributed by atoms with E-state index in [4.69, 9.17) is 4.98 Å². The lowest BCUT2D eigenvalue weighted by atomic mass is 10.0. The standard InChI is InChI=1S/C23H25FN6O/c1-4-18-22(31)28(3)19-13-26-23(27-21(19)30(18)14(2)15-5-6-15)29-12-11-25-20(29)16-7-9-17(24)10-8-16/h7-15,18H,4-6H2,1-3H3. The van der Waals surface area contributed by atoms with E-state index in [2.05, 4.69) is 21.8 Å². The van der Waals surface area contributed by atoms with E-state index in [-0.39, 0.29) is 23.8 Å². The molecule has 2 unspecified atom stereocenters. The van der Waals surface area contributed by atoms with Crippen LogP contribution in [0.5, 0.6) is 0 Å². The van der Waals surface area contributed by atoms with Gasteiger partial charge in [-0.1, -0.05) is 6.92 Å². The maximum atomic E-state index is 13.4. The fourth-order valence-corrected chi connectivity index (χ4v) is 4.44. The first-order valence-electron chi connectivity index (χ1n) is 10.7. The van der Waals surface area contributed by atoms with Crippen molar-refractivity contribution in [1.82, 2.24) is 19.5 Å². The number of likely N-dealkylation sites (N-methyl/N-ethyl adjacent to an activating group) is 1. The first kappa shape index (κ1) is 19.7. The minimum absolute atomic E-state index is 0.0773. The molecule has 160 valence electrons. The van der Waals surface area contributed by atoms with Crippen LogP contribution in [0.3, 0.4) is 0 Å². The van der Waals surface area contributed by atoms with Crippen LogP contribution in [-0.4, -0.2) is 44.6 Å². The average Bonchev–Trinajstić information content (AvgIpc) is 3.52. The second-order valence-corrected chi connectivity index (χ2v) is 8.31. The molecule has 5 rings (SSSR count). The number of imidazole rings is 1. The van der Waals surface area contributed by atoms with Gasteiger partial charge >= 0.3 is 0 Å². The van der Waals surface area contributed by atoms with Gasteiger partial charge in [0.1, 0.15) is 23.4 Å². The monoisotopic (exact) mass is 420 g/mol. The van der Waals surface area contributed by atoms with Crippen LogP contribution >= 0.6 is 0 Å². The molecule has 3 aromatic rings. The van der Waals surface area contributed by atoms with Crippen LogP contribution in [0, 0.1) is 11.7 Å². The molecule has 0 spiro atoms. The summed E-state index contributed by atoms with van der Waals surface area (Å²) in [6.45, 7) is 4.23. The first-order valence-corrected chi connectivity index (χ1v) is 10.7. The third-order valence-electron chi connectivity index (χ3n) is 6.38. The van der Waals surface area contributed by atoms with Crippen LogP contribution in [0.4, 0.5) is 15.9 Å². The molecule has 0 N–H and O–H groups in total. The third kappa shape index (κ3) is 3.26. The summed E-state index contributed by atoms with van der Waals surface area (Å²) in [5, 5.41) is 0. The van der Waals surface area contributed by atoms with Gasteiger partial charge in [0.15, 0.2) is 5.82 Å². The normalized spacial score (nSPS) is 19.5. The number of amides is 1. The second kappa shape index (κ2) is 7.44. The van der Waals surface area contributed by atoms with E-state index in [9.17, 15) is 9.18 Å².